The van der Waals surface area contributed by atoms with E-state index in [0.29, 0.717) is 6.54 Å². The Bertz CT molecular complexity index is 754. The van der Waals surface area contributed by atoms with Crippen molar-refractivity contribution in [2.75, 3.05) is 13.1 Å². The summed E-state index contributed by atoms with van der Waals surface area (Å²) >= 11 is 0. The highest BCUT2D eigenvalue weighted by Gasteiger charge is 2.31. The van der Waals surface area contributed by atoms with E-state index in [1.54, 1.807) is 0 Å². The molecule has 32 heavy (non-hydrogen) atoms. The minimum atomic E-state index is -0.532. The van der Waals surface area contributed by atoms with Crippen LogP contribution in [0.2, 0.25) is 0 Å². The van der Waals surface area contributed by atoms with Crippen molar-refractivity contribution >= 4 is 36.0 Å². The summed E-state index contributed by atoms with van der Waals surface area (Å²) in [7, 11) is 0. The minimum absolute atomic E-state index is 0. The van der Waals surface area contributed by atoms with Crippen molar-refractivity contribution in [2.45, 2.75) is 104 Å². The number of rotatable bonds is 8. The molecular formula is C22H42IN7O2. The Morgan fingerprint density at radius 1 is 1.22 bits per heavy atom. The quantitative estimate of drug-likeness (QED) is 0.255. The summed E-state index contributed by atoms with van der Waals surface area (Å²) in [6.07, 6.45) is 3.85. The summed E-state index contributed by atoms with van der Waals surface area (Å²) in [5.41, 5.74) is -0.984. The van der Waals surface area contributed by atoms with E-state index in [0.717, 1.165) is 62.8 Å². The third-order valence-corrected chi connectivity index (χ3v) is 5.56. The first-order valence-electron chi connectivity index (χ1n) is 11.6. The van der Waals surface area contributed by atoms with Crippen LogP contribution in [0.25, 0.3) is 0 Å². The molecule has 1 aromatic heterocycles. The van der Waals surface area contributed by atoms with Crippen molar-refractivity contribution < 1.29 is 9.53 Å². The average molecular weight is 564 g/mol. The molecule has 0 radical (unpaired) electrons. The highest BCUT2D eigenvalue weighted by Crippen LogP contribution is 2.18. The number of nitrogens with one attached hydrogen (secondary N) is 3. The summed E-state index contributed by atoms with van der Waals surface area (Å²) in [4.78, 5) is 21.8. The van der Waals surface area contributed by atoms with Gasteiger partial charge in [0.1, 0.15) is 11.4 Å². The molecule has 0 fully saturated rings. The fraction of sp³-hybridized carbons (Fsp3) is 0.818. The van der Waals surface area contributed by atoms with Crippen molar-refractivity contribution in [3.8, 4) is 0 Å². The van der Waals surface area contributed by atoms with Crippen LogP contribution in [-0.2, 0) is 24.1 Å². The largest absolute Gasteiger partial charge is 0.444 e. The molecule has 0 aliphatic carbocycles. The maximum atomic E-state index is 12.4. The summed E-state index contributed by atoms with van der Waals surface area (Å²) in [6, 6.07) is 0.230. The molecule has 1 atom stereocenters. The molecule has 0 bridgehead atoms. The number of guanidine groups is 1. The summed E-state index contributed by atoms with van der Waals surface area (Å²) < 4.78 is 7.48. The van der Waals surface area contributed by atoms with Crippen LogP contribution in [-0.4, -0.2) is 57.1 Å². The van der Waals surface area contributed by atoms with Gasteiger partial charge in [-0.25, -0.2) is 14.5 Å². The Hall–Kier alpha value is -1.59. The molecule has 1 unspecified atom stereocenters. The topological polar surface area (TPSA) is 105 Å². The summed E-state index contributed by atoms with van der Waals surface area (Å²) in [5, 5.41) is 14.5. The minimum Gasteiger partial charge on any atom is -0.444 e. The SMILES string of the molecule is CCNC(=NCC(CC)(CC)NC(=O)OC(C)(C)C)NC1CCc2nc(CC)nn2C1.I. The molecule has 1 aliphatic rings. The van der Waals surface area contributed by atoms with Crippen LogP contribution in [0.1, 0.15) is 79.4 Å². The molecule has 0 aromatic carbocycles. The first kappa shape index (κ1) is 28.4. The van der Waals surface area contributed by atoms with Crippen LogP contribution in [0.4, 0.5) is 4.79 Å². The average Bonchev–Trinajstić information content (AvgIpc) is 3.12. The third kappa shape index (κ3) is 8.40. The van der Waals surface area contributed by atoms with Gasteiger partial charge in [0, 0.05) is 25.4 Å². The molecule has 1 aliphatic heterocycles. The number of ether oxygens (including phenoxy) is 1. The van der Waals surface area contributed by atoms with E-state index in [-0.39, 0.29) is 30.0 Å². The molecule has 2 rings (SSSR count). The number of nitrogens with zero attached hydrogens (tertiary/aromatic N) is 4. The number of hydrogen-bond acceptors (Lipinski definition) is 5. The smallest absolute Gasteiger partial charge is 0.408 e. The van der Waals surface area contributed by atoms with E-state index in [1.165, 1.54) is 0 Å². The first-order valence-corrected chi connectivity index (χ1v) is 11.6. The maximum Gasteiger partial charge on any atom is 0.408 e. The van der Waals surface area contributed by atoms with Crippen molar-refractivity contribution in [2.24, 2.45) is 4.99 Å². The van der Waals surface area contributed by atoms with Crippen LogP contribution < -0.4 is 16.0 Å². The fourth-order valence-electron chi connectivity index (χ4n) is 3.58. The molecular weight excluding hydrogens is 521 g/mol. The monoisotopic (exact) mass is 563 g/mol. The van der Waals surface area contributed by atoms with E-state index in [2.05, 4.69) is 46.8 Å². The molecule has 9 nitrogen and oxygen atoms in total. The van der Waals surface area contributed by atoms with E-state index in [4.69, 9.17) is 9.73 Å². The lowest BCUT2D eigenvalue weighted by atomic mass is 9.93. The molecule has 0 spiro atoms. The van der Waals surface area contributed by atoms with Gasteiger partial charge in [-0.3, -0.25) is 4.99 Å². The van der Waals surface area contributed by atoms with Gasteiger partial charge in [0.2, 0.25) is 0 Å². The maximum absolute atomic E-state index is 12.4. The van der Waals surface area contributed by atoms with Gasteiger partial charge in [-0.1, -0.05) is 20.8 Å². The second kappa shape index (κ2) is 12.6. The van der Waals surface area contributed by atoms with Crippen molar-refractivity contribution in [3.05, 3.63) is 11.6 Å². The lowest BCUT2D eigenvalue weighted by Gasteiger charge is -2.33. The van der Waals surface area contributed by atoms with Gasteiger partial charge in [0.15, 0.2) is 11.8 Å². The highest BCUT2D eigenvalue weighted by molar-refractivity contribution is 14.0. The molecule has 3 N–H and O–H groups in total. The Balaban J connectivity index is 0.00000512. The number of aliphatic imine (C=N–C) groups is 1. The lowest BCUT2D eigenvalue weighted by Crippen LogP contribution is -2.53. The predicted molar refractivity (Wildman–Crippen MR) is 139 cm³/mol. The van der Waals surface area contributed by atoms with Crippen molar-refractivity contribution in [1.29, 1.82) is 0 Å². The normalized spacial score (nSPS) is 16.6. The molecule has 0 saturated heterocycles. The predicted octanol–water partition coefficient (Wildman–Crippen LogP) is 3.41. The van der Waals surface area contributed by atoms with Crippen molar-refractivity contribution in [1.82, 2.24) is 30.7 Å². The Morgan fingerprint density at radius 2 is 1.91 bits per heavy atom. The van der Waals surface area contributed by atoms with Gasteiger partial charge in [-0.15, -0.1) is 24.0 Å². The zero-order chi connectivity index (χ0) is 23.1. The highest BCUT2D eigenvalue weighted by atomic mass is 127. The van der Waals surface area contributed by atoms with Gasteiger partial charge in [0.25, 0.3) is 0 Å². The number of amides is 1. The van der Waals surface area contributed by atoms with E-state index < -0.39 is 17.2 Å². The summed E-state index contributed by atoms with van der Waals surface area (Å²) in [5.74, 6) is 2.72. The first-order chi connectivity index (χ1) is 14.6. The number of carbonyl (C=O) groups excluding carboxylic acids is 1. The van der Waals surface area contributed by atoms with Gasteiger partial charge in [-0.2, -0.15) is 5.10 Å². The Kier molecular flexibility index (Phi) is 11.2. The van der Waals surface area contributed by atoms with Crippen LogP contribution in [0.3, 0.4) is 0 Å². The van der Waals surface area contributed by atoms with Crippen LogP contribution in [0.15, 0.2) is 4.99 Å². The molecule has 1 amide bonds. The zero-order valence-electron chi connectivity index (χ0n) is 20.7. The second-order valence-corrected chi connectivity index (χ2v) is 9.17. The number of fused-ring (bicyclic) bond motifs is 1. The van der Waals surface area contributed by atoms with Gasteiger partial charge < -0.3 is 20.7 Å². The van der Waals surface area contributed by atoms with E-state index in [1.807, 2.05) is 32.4 Å². The molecule has 0 saturated carbocycles. The molecule has 184 valence electrons. The molecule has 2 heterocycles. The number of hydrogen-bond donors (Lipinski definition) is 3. The zero-order valence-corrected chi connectivity index (χ0v) is 23.1. The van der Waals surface area contributed by atoms with Gasteiger partial charge in [0.05, 0.1) is 18.6 Å². The van der Waals surface area contributed by atoms with E-state index >= 15 is 0 Å². The molecule has 1 aromatic rings. The third-order valence-electron chi connectivity index (χ3n) is 5.56. The van der Waals surface area contributed by atoms with Gasteiger partial charge in [-0.05, 0) is 47.0 Å². The number of aromatic nitrogens is 3. The number of halogens is 1. The summed E-state index contributed by atoms with van der Waals surface area (Å²) in [6.45, 7) is 15.9. The molecule has 10 heteroatoms. The lowest BCUT2D eigenvalue weighted by molar-refractivity contribution is 0.0452. The second-order valence-electron chi connectivity index (χ2n) is 9.17. The van der Waals surface area contributed by atoms with E-state index in [9.17, 15) is 4.79 Å². The number of alkyl carbamates (subject to hydrolysis) is 1. The van der Waals surface area contributed by atoms with Crippen molar-refractivity contribution in [3.63, 3.8) is 0 Å². The standard InChI is InChI=1S/C22H41N7O2.HI/c1-8-17-26-18-13-12-16(14-29(18)28-17)25-19(23-11-4)24-15-22(9-2,10-3)27-20(30)31-21(5,6)7;/h16H,8-15H2,1-7H3,(H,27,30)(H2,23,24,25);1H. The van der Waals surface area contributed by atoms with Crippen LogP contribution in [0, 0.1) is 0 Å². The fourth-order valence-corrected chi connectivity index (χ4v) is 3.58. The number of aryl methyl sites for hydroxylation is 2. The van der Waals surface area contributed by atoms with Crippen LogP contribution in [0.5, 0.6) is 0 Å². The Labute approximate surface area is 210 Å². The Morgan fingerprint density at radius 3 is 2.47 bits per heavy atom. The number of carbonyl (C=O) groups is 1. The van der Waals surface area contributed by atoms with Gasteiger partial charge >= 0.3 is 6.09 Å². The van der Waals surface area contributed by atoms with Crippen LogP contribution >= 0.6 is 24.0 Å².